The molecule has 3 unspecified atom stereocenters. The molecule has 134 valence electrons. The minimum atomic E-state index is -0.994. The van der Waals surface area contributed by atoms with E-state index in [1.54, 1.807) is 19.1 Å². The number of halogens is 1. The van der Waals surface area contributed by atoms with Gasteiger partial charge in [0.15, 0.2) is 11.6 Å². The van der Waals surface area contributed by atoms with Gasteiger partial charge in [-0.15, -0.1) is 0 Å². The lowest BCUT2D eigenvalue weighted by atomic mass is 9.54. The van der Waals surface area contributed by atoms with E-state index < -0.39 is 16.8 Å². The van der Waals surface area contributed by atoms with Crippen LogP contribution in [0.4, 0.5) is 4.39 Å². The minimum absolute atomic E-state index is 0.0352. The second kappa shape index (κ2) is 6.69. The molecule has 0 spiro atoms. The Bertz CT molecular complexity index is 620. The molecule has 1 saturated carbocycles. The smallest absolute Gasteiger partial charge is 0.241 e. The van der Waals surface area contributed by atoms with Crippen LogP contribution in [0.2, 0.25) is 0 Å². The monoisotopic (exact) mass is 338 g/mol. The van der Waals surface area contributed by atoms with Crippen LogP contribution in [0, 0.1) is 11.2 Å². The van der Waals surface area contributed by atoms with Crippen molar-refractivity contribution in [2.24, 2.45) is 11.1 Å². The maximum Gasteiger partial charge on any atom is 0.241 e. The molecule has 1 fully saturated rings. The molecule has 3 N–H and O–H groups in total. The highest BCUT2D eigenvalue weighted by Crippen LogP contribution is 2.50. The van der Waals surface area contributed by atoms with Crippen LogP contribution < -0.4 is 15.8 Å². The number of rotatable bonds is 6. The molecular weight excluding hydrogens is 311 g/mol. The molecule has 3 atom stereocenters. The fourth-order valence-corrected chi connectivity index (χ4v) is 3.18. The third-order valence-electron chi connectivity index (χ3n) is 5.26. The zero-order chi connectivity index (χ0) is 18.1. The molecule has 0 heterocycles. The van der Waals surface area contributed by atoms with Crippen molar-refractivity contribution in [3.05, 3.63) is 29.6 Å². The molecule has 1 aromatic rings. The first-order valence-electron chi connectivity index (χ1n) is 8.22. The highest BCUT2D eigenvalue weighted by atomic mass is 19.1. The Morgan fingerprint density at radius 1 is 1.50 bits per heavy atom. The average molecular weight is 338 g/mol. The maximum absolute atomic E-state index is 13.8. The van der Waals surface area contributed by atoms with Crippen LogP contribution >= 0.6 is 0 Å². The van der Waals surface area contributed by atoms with E-state index in [1.807, 2.05) is 20.8 Å². The lowest BCUT2D eigenvalue weighted by molar-refractivity contribution is -0.171. The summed E-state index contributed by atoms with van der Waals surface area (Å²) in [7, 11) is 1.41. The van der Waals surface area contributed by atoms with Crippen LogP contribution in [0.1, 0.15) is 45.7 Å². The van der Waals surface area contributed by atoms with Crippen molar-refractivity contribution in [3.8, 4) is 5.75 Å². The highest BCUT2D eigenvalue weighted by Gasteiger charge is 2.62. The lowest BCUT2D eigenvalue weighted by Gasteiger charge is -2.57. The number of carbonyl (C=O) groups excluding carboxylic acids is 1. The molecule has 1 aromatic carbocycles. The Morgan fingerprint density at radius 2 is 2.17 bits per heavy atom. The maximum atomic E-state index is 13.8. The van der Waals surface area contributed by atoms with Crippen molar-refractivity contribution >= 4 is 5.91 Å². The fourth-order valence-electron chi connectivity index (χ4n) is 3.18. The van der Waals surface area contributed by atoms with Crippen LogP contribution in [0.5, 0.6) is 5.75 Å². The van der Waals surface area contributed by atoms with E-state index in [0.717, 1.165) is 0 Å². The second-order valence-corrected chi connectivity index (χ2v) is 6.93. The van der Waals surface area contributed by atoms with Gasteiger partial charge in [0.25, 0.3) is 0 Å². The Hall–Kier alpha value is -1.66. The van der Waals surface area contributed by atoms with Crippen LogP contribution in [0.15, 0.2) is 18.2 Å². The van der Waals surface area contributed by atoms with E-state index in [2.05, 4.69) is 5.32 Å². The predicted octanol–water partition coefficient (Wildman–Crippen LogP) is 2.54. The number of hydrogen-bond donors (Lipinski definition) is 2. The summed E-state index contributed by atoms with van der Waals surface area (Å²) in [6.45, 7) is 8.19. The van der Waals surface area contributed by atoms with Crippen LogP contribution in [0.25, 0.3) is 0 Å². The summed E-state index contributed by atoms with van der Waals surface area (Å²) in [5.74, 6) is -0.529. The molecule has 1 amide bonds. The first-order valence-corrected chi connectivity index (χ1v) is 8.22. The molecule has 5 nitrogen and oxygen atoms in total. The van der Waals surface area contributed by atoms with Crippen LogP contribution in [0.3, 0.4) is 0 Å². The standard InChI is InChI=1S/C18H27FN2O3/c1-6-24-15-10-18(20,17(15,3)4)16(22)21-11(2)12-7-8-14(23-5)13(19)9-12/h7-9,11,15H,6,10,20H2,1-5H3,(H,21,22). The highest BCUT2D eigenvalue weighted by molar-refractivity contribution is 5.89. The van der Waals surface area contributed by atoms with Gasteiger partial charge in [0.2, 0.25) is 5.91 Å². The summed E-state index contributed by atoms with van der Waals surface area (Å²) in [4.78, 5) is 12.7. The van der Waals surface area contributed by atoms with Crippen molar-refractivity contribution in [3.63, 3.8) is 0 Å². The fraction of sp³-hybridized carbons (Fsp3) is 0.611. The van der Waals surface area contributed by atoms with Gasteiger partial charge in [-0.3, -0.25) is 4.79 Å². The van der Waals surface area contributed by atoms with Gasteiger partial charge in [-0.1, -0.05) is 19.9 Å². The number of ether oxygens (including phenoxy) is 2. The number of hydrogen-bond acceptors (Lipinski definition) is 4. The number of methoxy groups -OCH3 is 1. The number of amides is 1. The van der Waals surface area contributed by atoms with Crippen molar-refractivity contribution in [2.45, 2.75) is 51.8 Å². The molecule has 24 heavy (non-hydrogen) atoms. The van der Waals surface area contributed by atoms with Gasteiger partial charge < -0.3 is 20.5 Å². The molecule has 0 aliphatic heterocycles. The van der Waals surface area contributed by atoms with E-state index in [0.29, 0.717) is 18.6 Å². The summed E-state index contributed by atoms with van der Waals surface area (Å²) < 4.78 is 24.4. The van der Waals surface area contributed by atoms with Gasteiger partial charge in [-0.05, 0) is 31.5 Å². The summed E-state index contributed by atoms with van der Waals surface area (Å²) in [5, 5.41) is 2.89. The van der Waals surface area contributed by atoms with Gasteiger partial charge in [0.05, 0.1) is 19.3 Å². The Morgan fingerprint density at radius 3 is 2.67 bits per heavy atom. The van der Waals surface area contributed by atoms with Crippen molar-refractivity contribution in [1.82, 2.24) is 5.32 Å². The van der Waals surface area contributed by atoms with Gasteiger partial charge in [-0.2, -0.15) is 0 Å². The largest absolute Gasteiger partial charge is 0.494 e. The average Bonchev–Trinajstić information content (AvgIpc) is 2.54. The third-order valence-corrected chi connectivity index (χ3v) is 5.26. The molecule has 1 aliphatic carbocycles. The van der Waals surface area contributed by atoms with E-state index >= 15 is 0 Å². The summed E-state index contributed by atoms with van der Waals surface area (Å²) in [5.41, 5.74) is 5.56. The topological polar surface area (TPSA) is 73.6 Å². The number of benzene rings is 1. The molecule has 0 radical (unpaired) electrons. The predicted molar refractivity (Wildman–Crippen MR) is 90.2 cm³/mol. The van der Waals surface area contributed by atoms with Gasteiger partial charge in [0, 0.05) is 18.4 Å². The van der Waals surface area contributed by atoms with E-state index in [9.17, 15) is 9.18 Å². The van der Waals surface area contributed by atoms with Gasteiger partial charge >= 0.3 is 0 Å². The Kier molecular flexibility index (Phi) is 5.20. The Balaban J connectivity index is 2.08. The summed E-state index contributed by atoms with van der Waals surface area (Å²) in [6.07, 6.45) is 0.440. The second-order valence-electron chi connectivity index (χ2n) is 6.93. The van der Waals surface area contributed by atoms with Gasteiger partial charge in [-0.25, -0.2) is 4.39 Å². The van der Waals surface area contributed by atoms with E-state index in [4.69, 9.17) is 15.2 Å². The molecular formula is C18H27FN2O3. The number of nitrogens with two attached hydrogens (primary N) is 1. The SMILES string of the molecule is CCOC1CC(N)(C(=O)NC(C)c2ccc(OC)c(F)c2)C1(C)C. The zero-order valence-corrected chi connectivity index (χ0v) is 15.0. The van der Waals surface area contributed by atoms with Crippen molar-refractivity contribution < 1.29 is 18.7 Å². The molecule has 1 aliphatic rings. The first kappa shape index (κ1) is 18.7. The molecule has 0 aromatic heterocycles. The molecule has 0 bridgehead atoms. The Labute approximate surface area is 142 Å². The first-order chi connectivity index (χ1) is 11.2. The van der Waals surface area contributed by atoms with E-state index in [-0.39, 0.29) is 23.8 Å². The number of carbonyl (C=O) groups is 1. The third kappa shape index (κ3) is 3.00. The van der Waals surface area contributed by atoms with Crippen molar-refractivity contribution in [1.29, 1.82) is 0 Å². The van der Waals surface area contributed by atoms with Crippen LogP contribution in [-0.2, 0) is 9.53 Å². The summed E-state index contributed by atoms with van der Waals surface area (Å²) in [6, 6.07) is 4.27. The summed E-state index contributed by atoms with van der Waals surface area (Å²) >= 11 is 0. The molecule has 2 rings (SSSR count). The van der Waals surface area contributed by atoms with Crippen LogP contribution in [-0.4, -0.2) is 31.3 Å². The normalized spacial score (nSPS) is 26.4. The van der Waals surface area contributed by atoms with Gasteiger partial charge in [0.1, 0.15) is 5.54 Å². The zero-order valence-electron chi connectivity index (χ0n) is 15.0. The van der Waals surface area contributed by atoms with E-state index in [1.165, 1.54) is 13.2 Å². The lowest BCUT2D eigenvalue weighted by Crippen LogP contribution is -2.75. The van der Waals surface area contributed by atoms with Crippen molar-refractivity contribution in [2.75, 3.05) is 13.7 Å². The quantitative estimate of drug-likeness (QED) is 0.836. The molecule has 6 heteroatoms. The minimum Gasteiger partial charge on any atom is -0.494 e. The molecule has 0 saturated heterocycles. The number of nitrogens with one attached hydrogen (secondary N) is 1.